The molecule has 1 unspecified atom stereocenters. The topological polar surface area (TPSA) is 29.5 Å². The minimum Gasteiger partial charge on any atom is -0.435 e. The van der Waals surface area contributed by atoms with Crippen LogP contribution in [0.2, 0.25) is 0 Å². The minimum absolute atomic E-state index is 0.617. The van der Waals surface area contributed by atoms with Crippen LogP contribution in [0.25, 0.3) is 10.8 Å². The summed E-state index contributed by atoms with van der Waals surface area (Å²) in [4.78, 5) is 8.97. The van der Waals surface area contributed by atoms with Crippen molar-refractivity contribution in [3.8, 4) is 5.75 Å². The van der Waals surface area contributed by atoms with E-state index in [0.29, 0.717) is 5.75 Å². The van der Waals surface area contributed by atoms with Crippen LogP contribution in [0, 0.1) is 0 Å². The van der Waals surface area contributed by atoms with Gasteiger partial charge in [-0.25, -0.2) is 0 Å². The van der Waals surface area contributed by atoms with E-state index >= 15 is 0 Å². The van der Waals surface area contributed by atoms with E-state index in [2.05, 4.69) is 0 Å². The van der Waals surface area contributed by atoms with Gasteiger partial charge in [0.25, 0.3) is 0 Å². The number of benzene rings is 2. The van der Waals surface area contributed by atoms with Gasteiger partial charge < -0.3 is 9.42 Å². The molecule has 2 nitrogen and oxygen atoms in total. The van der Waals surface area contributed by atoms with E-state index in [9.17, 15) is 0 Å². The molecule has 0 aliphatic rings. The van der Waals surface area contributed by atoms with Crippen molar-refractivity contribution in [1.82, 2.24) is 0 Å². The molecule has 2 aromatic carbocycles. The Bertz CT molecular complexity index is 440. The first-order valence-corrected chi connectivity index (χ1v) is 6.19. The van der Waals surface area contributed by atoms with Gasteiger partial charge in [0.05, 0.1) is 0 Å². The standard InChI is InChI=1S/C10H8ClO2P/c11-14(12)13-10-7-3-5-8-4-1-2-6-9(8)10/h1-7,12H. The summed E-state index contributed by atoms with van der Waals surface area (Å²) >= 11 is 5.41. The average molecular weight is 227 g/mol. The molecule has 2 aromatic rings. The van der Waals surface area contributed by atoms with Crippen LogP contribution in [0.5, 0.6) is 5.75 Å². The summed E-state index contributed by atoms with van der Waals surface area (Å²) in [7, 11) is -1.88. The largest absolute Gasteiger partial charge is 0.435 e. The molecule has 0 aliphatic carbocycles. The maximum atomic E-state index is 8.97. The fourth-order valence-corrected chi connectivity index (χ4v) is 1.90. The molecular weight excluding hydrogens is 219 g/mol. The normalized spacial score (nSPS) is 12.7. The van der Waals surface area contributed by atoms with Crippen molar-refractivity contribution in [2.45, 2.75) is 0 Å². The van der Waals surface area contributed by atoms with E-state index in [1.165, 1.54) is 0 Å². The highest BCUT2D eigenvalue weighted by atomic mass is 35.7. The Labute approximate surface area is 87.8 Å². The molecule has 0 radical (unpaired) electrons. The molecular formula is C10H8ClO2P. The van der Waals surface area contributed by atoms with E-state index in [1.54, 1.807) is 6.07 Å². The molecule has 1 N–H and O–H groups in total. The zero-order valence-electron chi connectivity index (χ0n) is 7.22. The lowest BCUT2D eigenvalue weighted by Crippen LogP contribution is -1.83. The fourth-order valence-electron chi connectivity index (χ4n) is 1.36. The molecule has 2 rings (SSSR count). The average Bonchev–Trinajstić information content (AvgIpc) is 2.18. The molecule has 0 saturated heterocycles. The van der Waals surface area contributed by atoms with Crippen molar-refractivity contribution in [2.75, 3.05) is 0 Å². The van der Waals surface area contributed by atoms with E-state index in [-0.39, 0.29) is 0 Å². The molecule has 0 fully saturated rings. The van der Waals surface area contributed by atoms with Crippen LogP contribution < -0.4 is 4.52 Å². The third-order valence-electron chi connectivity index (χ3n) is 1.92. The Balaban J connectivity index is 2.53. The van der Waals surface area contributed by atoms with E-state index in [4.69, 9.17) is 20.7 Å². The number of fused-ring (bicyclic) bond motifs is 1. The first-order chi connectivity index (χ1) is 6.77. The van der Waals surface area contributed by atoms with Gasteiger partial charge in [-0.15, -0.1) is 0 Å². The summed E-state index contributed by atoms with van der Waals surface area (Å²) in [5, 5.41) is 2.02. The van der Waals surface area contributed by atoms with E-state index in [0.717, 1.165) is 10.8 Å². The van der Waals surface area contributed by atoms with Crippen molar-refractivity contribution in [3.05, 3.63) is 42.5 Å². The molecule has 14 heavy (non-hydrogen) atoms. The predicted molar refractivity (Wildman–Crippen MR) is 59.6 cm³/mol. The Morgan fingerprint density at radius 2 is 1.79 bits per heavy atom. The van der Waals surface area contributed by atoms with Crippen molar-refractivity contribution in [2.24, 2.45) is 0 Å². The van der Waals surface area contributed by atoms with Gasteiger partial charge in [0, 0.05) is 5.39 Å². The van der Waals surface area contributed by atoms with Crippen LogP contribution in [0.4, 0.5) is 0 Å². The Morgan fingerprint density at radius 1 is 1.07 bits per heavy atom. The summed E-state index contributed by atoms with van der Waals surface area (Å²) in [6.07, 6.45) is 0. The molecule has 0 spiro atoms. The predicted octanol–water partition coefficient (Wildman–Crippen LogP) is 3.68. The van der Waals surface area contributed by atoms with Crippen LogP contribution in [-0.4, -0.2) is 4.89 Å². The van der Waals surface area contributed by atoms with Crippen molar-refractivity contribution < 1.29 is 9.42 Å². The van der Waals surface area contributed by atoms with Gasteiger partial charge in [-0.05, 0) is 22.7 Å². The lowest BCUT2D eigenvalue weighted by Gasteiger charge is -2.07. The summed E-state index contributed by atoms with van der Waals surface area (Å²) in [5.74, 6) is 0.617. The van der Waals surface area contributed by atoms with Gasteiger partial charge in [0.2, 0.25) is 0 Å². The summed E-state index contributed by atoms with van der Waals surface area (Å²) in [5.41, 5.74) is 0. The lowest BCUT2D eigenvalue weighted by atomic mass is 10.1. The maximum Gasteiger partial charge on any atom is 0.335 e. The molecule has 0 bridgehead atoms. The summed E-state index contributed by atoms with van der Waals surface area (Å²) in [6, 6.07) is 13.4. The van der Waals surface area contributed by atoms with Gasteiger partial charge in [0.1, 0.15) is 5.75 Å². The molecule has 4 heteroatoms. The zero-order valence-corrected chi connectivity index (χ0v) is 8.87. The highest BCUT2D eigenvalue weighted by Gasteiger charge is 2.05. The molecule has 0 saturated carbocycles. The first-order valence-electron chi connectivity index (χ1n) is 4.08. The first kappa shape index (κ1) is 9.72. The third kappa shape index (κ3) is 1.98. The molecule has 0 aromatic heterocycles. The van der Waals surface area contributed by atoms with E-state index in [1.807, 2.05) is 36.4 Å². The van der Waals surface area contributed by atoms with Crippen molar-refractivity contribution in [3.63, 3.8) is 0 Å². The second kappa shape index (κ2) is 4.14. The van der Waals surface area contributed by atoms with Gasteiger partial charge >= 0.3 is 7.73 Å². The highest BCUT2D eigenvalue weighted by Crippen LogP contribution is 2.40. The lowest BCUT2D eigenvalue weighted by molar-refractivity contribution is 0.509. The Kier molecular flexibility index (Phi) is 2.87. The number of hydrogen-bond donors (Lipinski definition) is 1. The number of hydrogen-bond acceptors (Lipinski definition) is 2. The van der Waals surface area contributed by atoms with Gasteiger partial charge in [-0.2, -0.15) is 0 Å². The molecule has 0 heterocycles. The summed E-state index contributed by atoms with van der Waals surface area (Å²) in [6.45, 7) is 0. The third-order valence-corrected chi connectivity index (χ3v) is 2.48. The van der Waals surface area contributed by atoms with Crippen LogP contribution in [-0.2, 0) is 0 Å². The van der Waals surface area contributed by atoms with Crippen LogP contribution in [0.15, 0.2) is 42.5 Å². The molecule has 0 aliphatic heterocycles. The Hall–Kier alpha value is -0.820. The highest BCUT2D eigenvalue weighted by molar-refractivity contribution is 7.75. The molecule has 72 valence electrons. The quantitative estimate of drug-likeness (QED) is 0.792. The second-order valence-corrected chi connectivity index (χ2v) is 4.30. The monoisotopic (exact) mass is 226 g/mol. The van der Waals surface area contributed by atoms with Crippen molar-refractivity contribution in [1.29, 1.82) is 0 Å². The van der Waals surface area contributed by atoms with Gasteiger partial charge in [-0.3, -0.25) is 0 Å². The number of rotatable bonds is 2. The van der Waals surface area contributed by atoms with Gasteiger partial charge in [0.15, 0.2) is 0 Å². The fraction of sp³-hybridized carbons (Fsp3) is 0. The van der Waals surface area contributed by atoms with Gasteiger partial charge in [-0.1, -0.05) is 36.4 Å². The smallest absolute Gasteiger partial charge is 0.335 e. The zero-order chi connectivity index (χ0) is 9.97. The molecule has 0 amide bonds. The SMILES string of the molecule is OP(Cl)Oc1cccc2ccccc12. The maximum absolute atomic E-state index is 8.97. The minimum atomic E-state index is -1.88. The van der Waals surface area contributed by atoms with Crippen molar-refractivity contribution >= 4 is 29.7 Å². The van der Waals surface area contributed by atoms with Crippen LogP contribution >= 0.6 is 19.0 Å². The summed E-state index contributed by atoms with van der Waals surface area (Å²) < 4.78 is 5.11. The van der Waals surface area contributed by atoms with Crippen LogP contribution in [0.3, 0.4) is 0 Å². The van der Waals surface area contributed by atoms with Crippen LogP contribution in [0.1, 0.15) is 0 Å². The molecule has 1 atom stereocenters. The second-order valence-electron chi connectivity index (χ2n) is 2.79. The Morgan fingerprint density at radius 3 is 2.57 bits per heavy atom. The van der Waals surface area contributed by atoms with E-state index < -0.39 is 7.73 Å². The number of halogens is 1.